The van der Waals surface area contributed by atoms with Crippen LogP contribution in [-0.4, -0.2) is 30.6 Å². The highest BCUT2D eigenvalue weighted by atomic mass is 32.3. The van der Waals surface area contributed by atoms with Gasteiger partial charge in [0.05, 0.1) is 11.4 Å². The standard InChI is InChI=1S/C26H32N2O5S2/c1-25(2,3)22-15-19(16-23(24(22)29)26(4,5)6)18-28(34(30,31)20-11-8-7-9-12-20)35(32,33)21-13-10-14-27-17-21/h7-17,29H,18H2,1-6H3. The minimum Gasteiger partial charge on any atom is -0.507 e. The third-order valence-electron chi connectivity index (χ3n) is 5.61. The summed E-state index contributed by atoms with van der Waals surface area (Å²) in [6.07, 6.45) is 2.54. The Morgan fingerprint density at radius 2 is 1.26 bits per heavy atom. The Morgan fingerprint density at radius 1 is 0.771 bits per heavy atom. The molecule has 1 heterocycles. The smallest absolute Gasteiger partial charge is 0.258 e. The van der Waals surface area contributed by atoms with Crippen LogP contribution in [0.5, 0.6) is 5.75 Å². The van der Waals surface area contributed by atoms with Crippen molar-refractivity contribution in [2.24, 2.45) is 0 Å². The number of phenols is 1. The molecule has 0 amide bonds. The first-order valence-corrected chi connectivity index (χ1v) is 14.0. The Morgan fingerprint density at radius 3 is 1.71 bits per heavy atom. The summed E-state index contributed by atoms with van der Waals surface area (Å²) in [4.78, 5) is 3.49. The van der Waals surface area contributed by atoms with Crippen molar-refractivity contribution in [2.45, 2.75) is 68.7 Å². The molecule has 3 rings (SSSR count). The van der Waals surface area contributed by atoms with E-state index >= 15 is 0 Å². The van der Waals surface area contributed by atoms with Gasteiger partial charge in [-0.05, 0) is 51.8 Å². The Bertz CT molecular complexity index is 1300. The van der Waals surface area contributed by atoms with Gasteiger partial charge in [0.2, 0.25) is 0 Å². The van der Waals surface area contributed by atoms with Crippen molar-refractivity contribution >= 4 is 20.0 Å². The number of hydrogen-bond donors (Lipinski definition) is 1. The molecule has 9 heteroatoms. The molecule has 0 aliphatic heterocycles. The Hall–Kier alpha value is -2.75. The van der Waals surface area contributed by atoms with Crippen LogP contribution in [0, 0.1) is 0 Å². The van der Waals surface area contributed by atoms with Crippen LogP contribution < -0.4 is 0 Å². The summed E-state index contributed by atoms with van der Waals surface area (Å²) < 4.78 is 55.1. The quantitative estimate of drug-likeness (QED) is 0.496. The average molecular weight is 517 g/mol. The van der Waals surface area contributed by atoms with Gasteiger partial charge >= 0.3 is 0 Å². The fraction of sp³-hybridized carbons (Fsp3) is 0.346. The van der Waals surface area contributed by atoms with Crippen LogP contribution in [0.15, 0.2) is 76.8 Å². The Kier molecular flexibility index (Phi) is 7.19. The molecule has 7 nitrogen and oxygen atoms in total. The molecule has 0 aliphatic carbocycles. The van der Waals surface area contributed by atoms with Crippen molar-refractivity contribution in [1.82, 2.24) is 8.69 Å². The zero-order chi connectivity index (χ0) is 26.2. The maximum absolute atomic E-state index is 13.7. The molecule has 0 radical (unpaired) electrons. The van der Waals surface area contributed by atoms with Crippen LogP contribution in [0.25, 0.3) is 0 Å². The summed E-state index contributed by atoms with van der Waals surface area (Å²) in [5, 5.41) is 11.0. The van der Waals surface area contributed by atoms with Crippen molar-refractivity contribution in [3.05, 3.63) is 83.7 Å². The molecule has 0 aliphatic rings. The lowest BCUT2D eigenvalue weighted by Gasteiger charge is -2.29. The molecule has 35 heavy (non-hydrogen) atoms. The predicted molar refractivity (Wildman–Crippen MR) is 136 cm³/mol. The lowest BCUT2D eigenvalue weighted by Crippen LogP contribution is -2.36. The van der Waals surface area contributed by atoms with Crippen molar-refractivity contribution in [2.75, 3.05) is 0 Å². The second kappa shape index (κ2) is 9.37. The fourth-order valence-electron chi connectivity index (χ4n) is 3.70. The molecule has 3 aromatic rings. The first-order chi connectivity index (χ1) is 16.1. The second-order valence-corrected chi connectivity index (χ2v) is 14.4. The minimum atomic E-state index is -4.49. The van der Waals surface area contributed by atoms with Gasteiger partial charge in [0.15, 0.2) is 0 Å². The van der Waals surface area contributed by atoms with Gasteiger partial charge in [-0.1, -0.05) is 75.6 Å². The summed E-state index contributed by atoms with van der Waals surface area (Å²) in [6, 6.07) is 13.6. The normalized spacial score (nSPS) is 13.2. The molecule has 0 spiro atoms. The van der Waals surface area contributed by atoms with E-state index in [0.717, 1.165) is 6.20 Å². The van der Waals surface area contributed by atoms with Gasteiger partial charge in [-0.2, -0.15) is 0 Å². The van der Waals surface area contributed by atoms with Gasteiger partial charge in [0.1, 0.15) is 10.6 Å². The number of rotatable bonds is 6. The molecule has 0 fully saturated rings. The molecule has 0 saturated carbocycles. The fourth-order valence-corrected chi connectivity index (χ4v) is 7.31. The van der Waals surface area contributed by atoms with E-state index < -0.39 is 37.4 Å². The number of hydrogen-bond acceptors (Lipinski definition) is 6. The monoisotopic (exact) mass is 516 g/mol. The van der Waals surface area contributed by atoms with Crippen molar-refractivity contribution in [3.63, 3.8) is 0 Å². The topological polar surface area (TPSA) is 105 Å². The Balaban J connectivity index is 2.27. The number of aromatic hydroxyl groups is 1. The Labute approximate surface area is 208 Å². The highest BCUT2D eigenvalue weighted by Crippen LogP contribution is 2.40. The van der Waals surface area contributed by atoms with E-state index in [1.165, 1.54) is 42.6 Å². The summed E-state index contributed by atoms with van der Waals surface area (Å²) in [5.41, 5.74) is 0.729. The van der Waals surface area contributed by atoms with Crippen LogP contribution in [0.4, 0.5) is 0 Å². The molecule has 188 valence electrons. The largest absolute Gasteiger partial charge is 0.507 e. The summed E-state index contributed by atoms with van der Waals surface area (Å²) >= 11 is 0. The van der Waals surface area contributed by atoms with Gasteiger partial charge in [-0.15, -0.1) is 0 Å². The SMILES string of the molecule is CC(C)(C)c1cc(CN(S(=O)(=O)c2ccccc2)S(=O)(=O)c2cccnc2)cc(C(C)(C)C)c1O. The molecular formula is C26H32N2O5S2. The van der Waals surface area contributed by atoms with Gasteiger partial charge in [-0.25, -0.2) is 16.8 Å². The maximum atomic E-state index is 13.7. The summed E-state index contributed by atoms with van der Waals surface area (Å²) in [5.74, 6) is 0.126. The molecule has 2 aromatic carbocycles. The number of aromatic nitrogens is 1. The molecule has 0 atom stereocenters. The van der Waals surface area contributed by atoms with Crippen molar-refractivity contribution in [3.8, 4) is 5.75 Å². The summed E-state index contributed by atoms with van der Waals surface area (Å²) in [6.45, 7) is 11.2. The summed E-state index contributed by atoms with van der Waals surface area (Å²) in [7, 11) is -8.95. The first-order valence-electron chi connectivity index (χ1n) is 11.2. The highest BCUT2D eigenvalue weighted by Gasteiger charge is 2.38. The molecule has 0 unspecified atom stereocenters. The molecule has 0 bridgehead atoms. The lowest BCUT2D eigenvalue weighted by atomic mass is 9.78. The van der Waals surface area contributed by atoms with Crippen molar-refractivity contribution < 1.29 is 21.9 Å². The first kappa shape index (κ1) is 26.8. The van der Waals surface area contributed by atoms with E-state index in [1.807, 2.05) is 41.5 Å². The highest BCUT2D eigenvalue weighted by molar-refractivity contribution is 8.04. The predicted octanol–water partition coefficient (Wildman–Crippen LogP) is 4.96. The third kappa shape index (κ3) is 5.58. The number of nitrogens with zero attached hydrogens (tertiary/aromatic N) is 2. The van der Waals surface area contributed by atoms with E-state index in [0.29, 0.717) is 20.4 Å². The molecule has 0 saturated heterocycles. The van der Waals surface area contributed by atoms with Gasteiger partial charge < -0.3 is 5.11 Å². The van der Waals surface area contributed by atoms with E-state index in [1.54, 1.807) is 18.2 Å². The minimum absolute atomic E-state index is 0.126. The lowest BCUT2D eigenvalue weighted by molar-refractivity contribution is 0.422. The zero-order valence-corrected chi connectivity index (χ0v) is 22.5. The second-order valence-electron chi connectivity index (χ2n) is 10.5. The maximum Gasteiger partial charge on any atom is 0.258 e. The van der Waals surface area contributed by atoms with E-state index in [2.05, 4.69) is 4.98 Å². The van der Waals surface area contributed by atoms with Crippen LogP contribution >= 0.6 is 0 Å². The van der Waals surface area contributed by atoms with E-state index in [9.17, 15) is 21.9 Å². The van der Waals surface area contributed by atoms with Crippen molar-refractivity contribution in [1.29, 1.82) is 0 Å². The molecule has 1 aromatic heterocycles. The van der Waals surface area contributed by atoms with Crippen LogP contribution in [0.3, 0.4) is 0 Å². The average Bonchev–Trinajstić information content (AvgIpc) is 2.77. The molecular weight excluding hydrogens is 484 g/mol. The number of phenolic OH excluding ortho intramolecular Hbond substituents is 1. The number of sulfonamides is 2. The van der Waals surface area contributed by atoms with E-state index in [4.69, 9.17) is 0 Å². The van der Waals surface area contributed by atoms with Gasteiger partial charge in [0, 0.05) is 12.4 Å². The van der Waals surface area contributed by atoms with Gasteiger partial charge in [0.25, 0.3) is 20.0 Å². The number of pyridine rings is 1. The zero-order valence-electron chi connectivity index (χ0n) is 20.8. The number of benzene rings is 2. The van der Waals surface area contributed by atoms with Gasteiger partial charge in [-0.3, -0.25) is 4.98 Å². The van der Waals surface area contributed by atoms with E-state index in [-0.39, 0.29) is 15.5 Å². The van der Waals surface area contributed by atoms with Crippen LogP contribution in [0.2, 0.25) is 0 Å². The van der Waals surface area contributed by atoms with Crippen LogP contribution in [-0.2, 0) is 37.4 Å². The van der Waals surface area contributed by atoms with Crippen LogP contribution in [0.1, 0.15) is 58.2 Å². The third-order valence-corrected chi connectivity index (χ3v) is 9.82. The molecule has 1 N–H and O–H groups in total.